The molecule has 0 rings (SSSR count). The van der Waals surface area contributed by atoms with Gasteiger partial charge in [-0.25, -0.2) is 0 Å². The van der Waals surface area contributed by atoms with Crippen LogP contribution in [-0.2, 0) is 0 Å². The third-order valence-electron chi connectivity index (χ3n) is 2.74. The molecule has 0 bridgehead atoms. The SMILES string of the molecule is CCN(CC)CCCC(C)NCC(Cl)=CCl. The minimum atomic E-state index is 0.487. The lowest BCUT2D eigenvalue weighted by atomic mass is 10.1. The van der Waals surface area contributed by atoms with Gasteiger partial charge in [0.05, 0.1) is 0 Å². The third-order valence-corrected chi connectivity index (χ3v) is 3.36. The summed E-state index contributed by atoms with van der Waals surface area (Å²) < 4.78 is 0. The number of nitrogens with zero attached hydrogens (tertiary/aromatic N) is 1. The molecule has 1 atom stereocenters. The molecular weight excluding hydrogens is 243 g/mol. The summed E-state index contributed by atoms with van der Waals surface area (Å²) in [4.78, 5) is 2.44. The normalized spacial score (nSPS) is 14.5. The Hall–Kier alpha value is 0.240. The van der Waals surface area contributed by atoms with E-state index in [-0.39, 0.29) is 0 Å². The average molecular weight is 267 g/mol. The van der Waals surface area contributed by atoms with Gasteiger partial charge in [0.1, 0.15) is 0 Å². The molecule has 0 amide bonds. The molecule has 0 aromatic carbocycles. The minimum absolute atomic E-state index is 0.487. The van der Waals surface area contributed by atoms with E-state index in [4.69, 9.17) is 23.2 Å². The van der Waals surface area contributed by atoms with Crippen molar-refractivity contribution < 1.29 is 0 Å². The van der Waals surface area contributed by atoms with Crippen LogP contribution in [0.25, 0.3) is 0 Å². The van der Waals surface area contributed by atoms with E-state index < -0.39 is 0 Å². The topological polar surface area (TPSA) is 15.3 Å². The zero-order valence-corrected chi connectivity index (χ0v) is 12.1. The van der Waals surface area contributed by atoms with Gasteiger partial charge in [-0.15, -0.1) is 0 Å². The van der Waals surface area contributed by atoms with Crippen molar-refractivity contribution in [2.45, 2.75) is 39.7 Å². The molecule has 96 valence electrons. The first-order valence-electron chi connectivity index (χ1n) is 6.04. The zero-order valence-electron chi connectivity index (χ0n) is 10.6. The molecule has 0 heterocycles. The first kappa shape index (κ1) is 16.2. The highest BCUT2D eigenvalue weighted by Gasteiger charge is 2.03. The van der Waals surface area contributed by atoms with Gasteiger partial charge in [0.25, 0.3) is 0 Å². The fourth-order valence-corrected chi connectivity index (χ4v) is 1.73. The Balaban J connectivity index is 3.53. The summed E-state index contributed by atoms with van der Waals surface area (Å²) in [5.41, 5.74) is 1.41. The van der Waals surface area contributed by atoms with E-state index in [1.165, 1.54) is 24.9 Å². The number of halogens is 2. The van der Waals surface area contributed by atoms with Gasteiger partial charge >= 0.3 is 0 Å². The molecule has 4 heteroatoms. The van der Waals surface area contributed by atoms with Crippen LogP contribution in [0.4, 0.5) is 0 Å². The van der Waals surface area contributed by atoms with Gasteiger partial charge in [0.2, 0.25) is 0 Å². The summed E-state index contributed by atoms with van der Waals surface area (Å²) >= 11 is 11.3. The lowest BCUT2D eigenvalue weighted by Crippen LogP contribution is -2.29. The molecule has 0 aliphatic rings. The molecule has 0 aromatic heterocycles. The second-order valence-corrected chi connectivity index (χ2v) is 4.71. The van der Waals surface area contributed by atoms with E-state index in [9.17, 15) is 0 Å². The van der Waals surface area contributed by atoms with E-state index in [0.717, 1.165) is 13.1 Å². The zero-order chi connectivity index (χ0) is 12.4. The first-order chi connectivity index (χ1) is 7.63. The summed E-state index contributed by atoms with van der Waals surface area (Å²) in [6.07, 6.45) is 2.39. The molecule has 0 radical (unpaired) electrons. The monoisotopic (exact) mass is 266 g/mol. The lowest BCUT2D eigenvalue weighted by Gasteiger charge is -2.19. The largest absolute Gasteiger partial charge is 0.309 e. The Morgan fingerprint density at radius 3 is 2.50 bits per heavy atom. The number of nitrogens with one attached hydrogen (secondary N) is 1. The molecule has 1 unspecified atom stereocenters. The standard InChI is InChI=1S/C12H24Cl2N2/c1-4-16(5-2)8-6-7-11(3)15-10-12(14)9-13/h9,11,15H,4-8,10H2,1-3H3. The van der Waals surface area contributed by atoms with Gasteiger partial charge < -0.3 is 10.2 Å². The quantitative estimate of drug-likeness (QED) is 0.688. The summed E-state index contributed by atoms with van der Waals surface area (Å²) in [7, 11) is 0. The number of hydrogen-bond donors (Lipinski definition) is 1. The summed E-state index contributed by atoms with van der Waals surface area (Å²) in [6, 6.07) is 0.487. The van der Waals surface area contributed by atoms with Crippen molar-refractivity contribution >= 4 is 23.2 Å². The van der Waals surface area contributed by atoms with Gasteiger partial charge in [0.15, 0.2) is 0 Å². The van der Waals surface area contributed by atoms with Gasteiger partial charge in [-0.05, 0) is 39.4 Å². The summed E-state index contributed by atoms with van der Waals surface area (Å²) in [6.45, 7) is 10.7. The first-order valence-corrected chi connectivity index (χ1v) is 6.85. The molecule has 16 heavy (non-hydrogen) atoms. The fraction of sp³-hybridized carbons (Fsp3) is 0.833. The molecule has 0 saturated carbocycles. The Morgan fingerprint density at radius 2 is 2.00 bits per heavy atom. The van der Waals surface area contributed by atoms with Gasteiger partial charge in [-0.1, -0.05) is 37.0 Å². The van der Waals surface area contributed by atoms with Gasteiger partial charge in [-0.2, -0.15) is 0 Å². The predicted octanol–water partition coefficient (Wildman–Crippen LogP) is 3.41. The van der Waals surface area contributed by atoms with E-state index in [1.54, 1.807) is 0 Å². The molecule has 0 aliphatic carbocycles. The molecule has 0 fully saturated rings. The average Bonchev–Trinajstić information content (AvgIpc) is 2.31. The highest BCUT2D eigenvalue weighted by Crippen LogP contribution is 2.04. The second kappa shape index (κ2) is 10.4. The van der Waals surface area contributed by atoms with E-state index >= 15 is 0 Å². The van der Waals surface area contributed by atoms with Crippen molar-refractivity contribution in [3.63, 3.8) is 0 Å². The molecular formula is C12H24Cl2N2. The molecule has 0 spiro atoms. The predicted molar refractivity (Wildman–Crippen MR) is 74.3 cm³/mol. The molecule has 0 aromatic rings. The maximum atomic E-state index is 5.80. The van der Waals surface area contributed by atoms with Crippen molar-refractivity contribution in [2.75, 3.05) is 26.2 Å². The van der Waals surface area contributed by atoms with E-state index in [2.05, 4.69) is 31.0 Å². The van der Waals surface area contributed by atoms with Crippen LogP contribution >= 0.6 is 23.2 Å². The molecule has 2 nitrogen and oxygen atoms in total. The van der Waals surface area contributed by atoms with Crippen LogP contribution in [0.15, 0.2) is 10.6 Å². The van der Waals surface area contributed by atoms with Gasteiger partial charge in [-0.3, -0.25) is 0 Å². The highest BCUT2D eigenvalue weighted by molar-refractivity contribution is 6.36. The Labute approximate surface area is 110 Å². The van der Waals surface area contributed by atoms with Crippen LogP contribution in [0.1, 0.15) is 33.6 Å². The molecule has 0 saturated heterocycles. The highest BCUT2D eigenvalue weighted by atomic mass is 35.5. The molecule has 0 aliphatic heterocycles. The smallest absolute Gasteiger partial charge is 0.0431 e. The van der Waals surface area contributed by atoms with Crippen molar-refractivity contribution in [1.82, 2.24) is 10.2 Å². The van der Waals surface area contributed by atoms with E-state index in [1.807, 2.05) is 0 Å². The van der Waals surface area contributed by atoms with Crippen molar-refractivity contribution in [3.8, 4) is 0 Å². The number of rotatable bonds is 9. The van der Waals surface area contributed by atoms with Crippen molar-refractivity contribution in [2.24, 2.45) is 0 Å². The fourth-order valence-electron chi connectivity index (χ4n) is 1.57. The summed E-state index contributed by atoms with van der Waals surface area (Å²) in [5, 5.41) is 4.00. The third kappa shape index (κ3) is 8.40. The van der Waals surface area contributed by atoms with Crippen LogP contribution in [0.2, 0.25) is 0 Å². The Morgan fingerprint density at radius 1 is 1.38 bits per heavy atom. The van der Waals surface area contributed by atoms with Crippen LogP contribution in [-0.4, -0.2) is 37.1 Å². The molecule has 1 N–H and O–H groups in total. The Bertz CT molecular complexity index is 191. The van der Waals surface area contributed by atoms with Crippen LogP contribution in [0, 0.1) is 0 Å². The minimum Gasteiger partial charge on any atom is -0.309 e. The number of hydrogen-bond acceptors (Lipinski definition) is 2. The van der Waals surface area contributed by atoms with Crippen LogP contribution in [0.3, 0.4) is 0 Å². The van der Waals surface area contributed by atoms with Crippen molar-refractivity contribution in [3.05, 3.63) is 10.6 Å². The second-order valence-electron chi connectivity index (χ2n) is 4.01. The van der Waals surface area contributed by atoms with Crippen molar-refractivity contribution in [1.29, 1.82) is 0 Å². The summed E-state index contributed by atoms with van der Waals surface area (Å²) in [5.74, 6) is 0. The maximum Gasteiger partial charge on any atom is 0.0431 e. The van der Waals surface area contributed by atoms with E-state index in [0.29, 0.717) is 17.6 Å². The Kier molecular flexibility index (Phi) is 10.6. The van der Waals surface area contributed by atoms with Crippen LogP contribution in [0.5, 0.6) is 0 Å². The lowest BCUT2D eigenvalue weighted by molar-refractivity contribution is 0.291. The van der Waals surface area contributed by atoms with Gasteiger partial charge in [0, 0.05) is 23.2 Å². The van der Waals surface area contributed by atoms with Crippen LogP contribution < -0.4 is 5.32 Å². The maximum absolute atomic E-state index is 5.80.